The first-order valence-electron chi connectivity index (χ1n) is 13.1. The molecule has 0 saturated heterocycles. The summed E-state index contributed by atoms with van der Waals surface area (Å²) in [5.41, 5.74) is 11.1. The summed E-state index contributed by atoms with van der Waals surface area (Å²) in [7, 11) is 1.31. The van der Waals surface area contributed by atoms with E-state index >= 15 is 0 Å². The van der Waals surface area contributed by atoms with E-state index < -0.39 is 5.24 Å². The number of nitrogens with one attached hydrogen (secondary N) is 1. The highest BCUT2D eigenvalue weighted by Gasteiger charge is 2.33. The number of ether oxygens (including phenoxy) is 1. The lowest BCUT2D eigenvalue weighted by molar-refractivity contribution is -0.140. The van der Waals surface area contributed by atoms with Gasteiger partial charge in [0.25, 0.3) is 5.91 Å². The van der Waals surface area contributed by atoms with Crippen molar-refractivity contribution in [2.75, 3.05) is 7.11 Å². The molecule has 2 aliphatic rings. The number of nitrogens with zero attached hydrogens (tertiary/aromatic N) is 1. The molecule has 1 amide bonds. The maximum Gasteiger partial charge on any atom is 0.305 e. The van der Waals surface area contributed by atoms with E-state index in [0.717, 1.165) is 24.9 Å². The third-order valence-corrected chi connectivity index (χ3v) is 7.73. The van der Waals surface area contributed by atoms with Crippen molar-refractivity contribution >= 4 is 50.5 Å². The molecule has 7 heteroatoms. The van der Waals surface area contributed by atoms with Gasteiger partial charge >= 0.3 is 5.97 Å². The van der Waals surface area contributed by atoms with E-state index in [0.29, 0.717) is 13.0 Å². The van der Waals surface area contributed by atoms with E-state index in [4.69, 9.17) is 11.6 Å². The quantitative estimate of drug-likeness (QED) is 0.245. The maximum absolute atomic E-state index is 13.0. The van der Waals surface area contributed by atoms with Crippen molar-refractivity contribution in [3.63, 3.8) is 0 Å². The van der Waals surface area contributed by atoms with Crippen LogP contribution in [0.25, 0.3) is 32.9 Å². The fourth-order valence-corrected chi connectivity index (χ4v) is 6.06. The van der Waals surface area contributed by atoms with Gasteiger partial charge < -0.3 is 14.6 Å². The SMILES string of the molecule is CCn1c2ccccc2c2c3c(c4c(c21)CCc1cc(C)ccc1-4)C(=O)NC3.COC(=O)CCCC(=O)Cl. The molecule has 38 heavy (non-hydrogen) atoms. The Morgan fingerprint density at radius 3 is 2.58 bits per heavy atom. The minimum absolute atomic E-state index is 0.0786. The van der Waals surface area contributed by atoms with Crippen molar-refractivity contribution in [1.29, 1.82) is 0 Å². The smallest absolute Gasteiger partial charge is 0.305 e. The monoisotopic (exact) mass is 530 g/mol. The molecule has 0 unspecified atom stereocenters. The Hall–Kier alpha value is -3.64. The van der Waals surface area contributed by atoms with Gasteiger partial charge in [0, 0.05) is 47.8 Å². The Labute approximate surface area is 226 Å². The van der Waals surface area contributed by atoms with E-state index in [1.165, 1.54) is 62.3 Å². The number of benzene rings is 3. The largest absolute Gasteiger partial charge is 0.469 e. The Bertz CT molecular complexity index is 1600. The number of aryl methyl sites for hydroxylation is 4. The van der Waals surface area contributed by atoms with Gasteiger partial charge in [-0.3, -0.25) is 14.4 Å². The van der Waals surface area contributed by atoms with E-state index in [1.54, 1.807) is 0 Å². The van der Waals surface area contributed by atoms with Crippen LogP contribution in [0, 0.1) is 6.92 Å². The van der Waals surface area contributed by atoms with Crippen LogP contribution in [-0.2, 0) is 40.3 Å². The molecule has 6 nitrogen and oxygen atoms in total. The average Bonchev–Trinajstić information content (AvgIpc) is 3.46. The molecule has 196 valence electrons. The number of carbonyl (C=O) groups excluding carboxylic acids is 3. The number of amides is 1. The molecule has 2 heterocycles. The molecule has 0 atom stereocenters. The first kappa shape index (κ1) is 26.0. The van der Waals surface area contributed by atoms with Crippen molar-refractivity contribution in [2.45, 2.75) is 59.0 Å². The van der Waals surface area contributed by atoms with E-state index in [-0.39, 0.29) is 24.7 Å². The number of fused-ring (bicyclic) bond motifs is 10. The molecule has 0 fully saturated rings. The zero-order chi connectivity index (χ0) is 27.0. The standard InChI is InChI=1S/C25H22N2O.C6H9ClO3/c1-3-27-20-7-5-4-6-17(20)22-19-13-26-25(28)23(19)21-16-10-8-14(2)12-15(16)9-11-18(21)24(22)27;1-10-6(9)4-2-3-5(7)8/h4-8,10,12H,3,9,11,13H2,1-2H3,(H,26,28);2-4H2,1H3. The van der Waals surface area contributed by atoms with Gasteiger partial charge in [-0.05, 0) is 73.0 Å². The number of halogens is 1. The zero-order valence-electron chi connectivity index (χ0n) is 21.9. The first-order chi connectivity index (χ1) is 18.3. The highest BCUT2D eigenvalue weighted by molar-refractivity contribution is 6.63. The average molecular weight is 531 g/mol. The lowest BCUT2D eigenvalue weighted by Crippen LogP contribution is -2.15. The van der Waals surface area contributed by atoms with Crippen LogP contribution in [0.2, 0.25) is 0 Å². The van der Waals surface area contributed by atoms with Gasteiger partial charge in [0.05, 0.1) is 18.2 Å². The van der Waals surface area contributed by atoms with Gasteiger partial charge in [0.2, 0.25) is 5.24 Å². The van der Waals surface area contributed by atoms with Gasteiger partial charge in [-0.15, -0.1) is 0 Å². The summed E-state index contributed by atoms with van der Waals surface area (Å²) >= 11 is 5.01. The van der Waals surface area contributed by atoms with Crippen LogP contribution in [-0.4, -0.2) is 28.8 Å². The summed E-state index contributed by atoms with van der Waals surface area (Å²) in [6, 6.07) is 15.3. The van der Waals surface area contributed by atoms with Gasteiger partial charge in [-0.2, -0.15) is 0 Å². The summed E-state index contributed by atoms with van der Waals surface area (Å²) in [6.45, 7) is 5.91. The lowest BCUT2D eigenvalue weighted by Gasteiger charge is -2.24. The Kier molecular flexibility index (Phi) is 7.26. The number of rotatable bonds is 5. The number of methoxy groups -OCH3 is 1. The van der Waals surface area contributed by atoms with Gasteiger partial charge in [0.15, 0.2) is 0 Å². The lowest BCUT2D eigenvalue weighted by atomic mass is 9.79. The fourth-order valence-electron chi connectivity index (χ4n) is 5.93. The molecule has 1 N–H and O–H groups in total. The third-order valence-electron chi connectivity index (χ3n) is 7.54. The maximum atomic E-state index is 13.0. The second kappa shape index (κ2) is 10.6. The van der Waals surface area contributed by atoms with Crippen LogP contribution >= 0.6 is 11.6 Å². The van der Waals surface area contributed by atoms with E-state index in [9.17, 15) is 14.4 Å². The van der Waals surface area contributed by atoms with Crippen LogP contribution in [0.3, 0.4) is 0 Å². The Morgan fingerprint density at radius 2 is 1.84 bits per heavy atom. The summed E-state index contributed by atoms with van der Waals surface area (Å²) in [5.74, 6) is -0.229. The molecule has 6 rings (SSSR count). The Morgan fingerprint density at radius 1 is 1.05 bits per heavy atom. The molecule has 4 aromatic rings. The minimum Gasteiger partial charge on any atom is -0.469 e. The van der Waals surface area contributed by atoms with E-state index in [1.807, 2.05) is 0 Å². The highest BCUT2D eigenvalue weighted by Crippen LogP contribution is 2.46. The number of esters is 1. The van der Waals surface area contributed by atoms with Crippen molar-refractivity contribution in [3.05, 3.63) is 70.3 Å². The van der Waals surface area contributed by atoms with Gasteiger partial charge in [-0.1, -0.05) is 42.0 Å². The molecule has 1 aliphatic carbocycles. The van der Waals surface area contributed by atoms with Crippen LogP contribution in [0.1, 0.15) is 58.8 Å². The summed E-state index contributed by atoms with van der Waals surface area (Å²) in [4.78, 5) is 33.5. The second-order valence-corrected chi connectivity index (χ2v) is 10.2. The third kappa shape index (κ3) is 4.47. The predicted octanol–water partition coefficient (Wildman–Crippen LogP) is 6.23. The molecule has 1 aromatic heterocycles. The predicted molar refractivity (Wildman–Crippen MR) is 151 cm³/mol. The molecule has 0 spiro atoms. The molecular weight excluding hydrogens is 500 g/mol. The molecule has 0 bridgehead atoms. The number of aromatic nitrogens is 1. The molecule has 3 aromatic carbocycles. The van der Waals surface area contributed by atoms with Crippen molar-refractivity contribution in [3.8, 4) is 11.1 Å². The van der Waals surface area contributed by atoms with Crippen molar-refractivity contribution in [2.24, 2.45) is 0 Å². The first-order valence-corrected chi connectivity index (χ1v) is 13.4. The van der Waals surface area contributed by atoms with Crippen LogP contribution in [0.5, 0.6) is 0 Å². The zero-order valence-corrected chi connectivity index (χ0v) is 22.7. The molecule has 0 saturated carbocycles. The Balaban J connectivity index is 0.000000253. The molecule has 1 aliphatic heterocycles. The fraction of sp³-hybridized carbons (Fsp3) is 0.323. The topological polar surface area (TPSA) is 77.4 Å². The normalized spacial score (nSPS) is 13.3. The summed E-state index contributed by atoms with van der Waals surface area (Å²) in [6.07, 6.45) is 2.98. The summed E-state index contributed by atoms with van der Waals surface area (Å²) in [5, 5.41) is 5.25. The number of para-hydroxylation sites is 1. The van der Waals surface area contributed by atoms with Crippen LogP contribution in [0.15, 0.2) is 42.5 Å². The van der Waals surface area contributed by atoms with Gasteiger partial charge in [-0.25, -0.2) is 0 Å². The molecular formula is C31H31ClN2O4. The van der Waals surface area contributed by atoms with E-state index in [2.05, 4.69) is 70.9 Å². The van der Waals surface area contributed by atoms with Crippen LogP contribution in [0.4, 0.5) is 0 Å². The van der Waals surface area contributed by atoms with Gasteiger partial charge in [0.1, 0.15) is 0 Å². The second-order valence-electron chi connectivity index (χ2n) is 9.82. The number of hydrogen-bond acceptors (Lipinski definition) is 4. The summed E-state index contributed by atoms with van der Waals surface area (Å²) < 4.78 is 6.79. The highest BCUT2D eigenvalue weighted by atomic mass is 35.5. The van der Waals surface area contributed by atoms with Crippen molar-refractivity contribution < 1.29 is 19.1 Å². The number of hydrogen-bond donors (Lipinski definition) is 1. The molecule has 0 radical (unpaired) electrons. The van der Waals surface area contributed by atoms with Crippen LogP contribution < -0.4 is 5.32 Å². The van der Waals surface area contributed by atoms with Crippen molar-refractivity contribution in [1.82, 2.24) is 9.88 Å². The minimum atomic E-state index is -0.413. The number of carbonyl (C=O) groups is 3.